The van der Waals surface area contributed by atoms with Crippen LogP contribution < -0.4 is 10.2 Å². The molecule has 1 atom stereocenters. The Labute approximate surface area is 145 Å². The van der Waals surface area contributed by atoms with Gasteiger partial charge in [0, 0.05) is 43.4 Å². The van der Waals surface area contributed by atoms with Gasteiger partial charge in [0.1, 0.15) is 5.82 Å². The van der Waals surface area contributed by atoms with Crippen molar-refractivity contribution < 1.29 is 9.18 Å². The number of benzene rings is 1. The van der Waals surface area contributed by atoms with E-state index >= 15 is 0 Å². The average molecular weight is 348 g/mol. The molecular weight excluding hydrogens is 327 g/mol. The molecule has 0 unspecified atom stereocenters. The van der Waals surface area contributed by atoms with Crippen LogP contribution in [0.4, 0.5) is 15.2 Å². The van der Waals surface area contributed by atoms with E-state index < -0.39 is 0 Å². The van der Waals surface area contributed by atoms with Gasteiger partial charge in [0.25, 0.3) is 0 Å². The third-order valence-electron chi connectivity index (χ3n) is 4.24. The lowest BCUT2D eigenvalue weighted by atomic mass is 10.2. The first-order chi connectivity index (χ1) is 11.6. The minimum atomic E-state index is -0.352. The largest absolute Gasteiger partial charge is 0.347 e. The van der Waals surface area contributed by atoms with E-state index in [1.54, 1.807) is 23.5 Å². The van der Waals surface area contributed by atoms with Crippen molar-refractivity contribution >= 4 is 28.1 Å². The van der Waals surface area contributed by atoms with Gasteiger partial charge in [-0.05, 0) is 31.5 Å². The Bertz CT molecular complexity index is 679. The van der Waals surface area contributed by atoms with Gasteiger partial charge in [-0.1, -0.05) is 6.07 Å². The van der Waals surface area contributed by atoms with E-state index in [9.17, 15) is 9.18 Å². The summed E-state index contributed by atoms with van der Waals surface area (Å²) in [6.45, 7) is 5.36. The van der Waals surface area contributed by atoms with Crippen molar-refractivity contribution in [2.45, 2.75) is 19.4 Å². The van der Waals surface area contributed by atoms with Crippen molar-refractivity contribution in [3.63, 3.8) is 0 Å². The summed E-state index contributed by atoms with van der Waals surface area (Å²) in [5.41, 5.74) is 0.492. The highest BCUT2D eigenvalue weighted by atomic mass is 32.1. The number of aromatic nitrogens is 1. The molecule has 2 aromatic rings. The molecule has 0 aliphatic carbocycles. The summed E-state index contributed by atoms with van der Waals surface area (Å²) in [5, 5.41) is 5.81. The molecular formula is C17H21FN4OS. The Hall–Kier alpha value is -1.99. The van der Waals surface area contributed by atoms with Crippen molar-refractivity contribution in [2.75, 3.05) is 36.4 Å². The molecule has 128 valence electrons. The summed E-state index contributed by atoms with van der Waals surface area (Å²) in [6, 6.07) is 5.72. The fourth-order valence-corrected chi connectivity index (χ4v) is 3.56. The van der Waals surface area contributed by atoms with Gasteiger partial charge in [-0.2, -0.15) is 0 Å². The summed E-state index contributed by atoms with van der Waals surface area (Å²) < 4.78 is 13.2. The van der Waals surface area contributed by atoms with E-state index in [0.29, 0.717) is 5.69 Å². The minimum Gasteiger partial charge on any atom is -0.347 e. The molecule has 0 bridgehead atoms. The van der Waals surface area contributed by atoms with Gasteiger partial charge in [0.05, 0.1) is 6.04 Å². The van der Waals surface area contributed by atoms with Crippen molar-refractivity contribution in [2.24, 2.45) is 0 Å². The van der Waals surface area contributed by atoms with Crippen LogP contribution in [-0.2, 0) is 4.79 Å². The van der Waals surface area contributed by atoms with E-state index in [-0.39, 0.29) is 17.8 Å². The number of carbonyl (C=O) groups is 1. The molecule has 1 aliphatic rings. The zero-order valence-electron chi connectivity index (χ0n) is 13.6. The van der Waals surface area contributed by atoms with Crippen LogP contribution in [0.15, 0.2) is 35.8 Å². The molecule has 1 fully saturated rings. The lowest BCUT2D eigenvalue weighted by molar-refractivity contribution is -0.120. The lowest BCUT2D eigenvalue weighted by Crippen LogP contribution is -2.43. The van der Waals surface area contributed by atoms with Crippen LogP contribution in [0.25, 0.3) is 0 Å². The number of halogens is 1. The summed E-state index contributed by atoms with van der Waals surface area (Å²) in [5.74, 6) is -0.461. The first-order valence-electron chi connectivity index (χ1n) is 8.08. The number of rotatable bonds is 4. The fraction of sp³-hybridized carbons (Fsp3) is 0.412. The monoisotopic (exact) mass is 348 g/mol. The molecule has 1 amide bonds. The van der Waals surface area contributed by atoms with Crippen LogP contribution >= 0.6 is 11.3 Å². The van der Waals surface area contributed by atoms with E-state index in [2.05, 4.69) is 20.1 Å². The molecule has 1 aromatic carbocycles. The fourth-order valence-electron chi connectivity index (χ4n) is 2.87. The van der Waals surface area contributed by atoms with Crippen LogP contribution in [0.1, 0.15) is 13.3 Å². The normalized spacial score (nSPS) is 17.3. The van der Waals surface area contributed by atoms with Crippen molar-refractivity contribution in [1.82, 2.24) is 9.88 Å². The summed E-state index contributed by atoms with van der Waals surface area (Å²) in [4.78, 5) is 21.2. The summed E-state index contributed by atoms with van der Waals surface area (Å²) in [6.07, 6.45) is 2.80. The molecule has 1 saturated heterocycles. The van der Waals surface area contributed by atoms with Gasteiger partial charge in [-0.3, -0.25) is 9.69 Å². The standard InChI is InChI=1S/C17H21FN4OS/c1-13(16(23)20-15-5-2-4-14(18)12-15)21-7-3-8-22(10-9-21)17-19-6-11-24-17/h2,4-6,11-13H,3,7-10H2,1H3,(H,20,23)/t13-/m0/s1. The maximum absolute atomic E-state index is 13.2. The van der Waals surface area contributed by atoms with E-state index in [1.165, 1.54) is 12.1 Å². The number of hydrogen-bond acceptors (Lipinski definition) is 5. The Morgan fingerprint density at radius 2 is 2.21 bits per heavy atom. The molecule has 24 heavy (non-hydrogen) atoms. The number of nitrogens with one attached hydrogen (secondary N) is 1. The Kier molecular flexibility index (Phi) is 5.42. The summed E-state index contributed by atoms with van der Waals surface area (Å²) in [7, 11) is 0. The Balaban J connectivity index is 1.58. The minimum absolute atomic E-state index is 0.108. The number of amides is 1. The second-order valence-electron chi connectivity index (χ2n) is 5.87. The quantitative estimate of drug-likeness (QED) is 0.923. The topological polar surface area (TPSA) is 48.5 Å². The highest BCUT2D eigenvalue weighted by Gasteiger charge is 2.24. The van der Waals surface area contributed by atoms with Crippen LogP contribution in [0, 0.1) is 5.82 Å². The number of carbonyl (C=O) groups excluding carboxylic acids is 1. The van der Waals surface area contributed by atoms with Gasteiger partial charge in [-0.15, -0.1) is 11.3 Å². The number of anilines is 2. The van der Waals surface area contributed by atoms with E-state index in [0.717, 1.165) is 37.7 Å². The molecule has 5 nitrogen and oxygen atoms in total. The molecule has 3 rings (SSSR count). The number of nitrogens with zero attached hydrogens (tertiary/aromatic N) is 3. The van der Waals surface area contributed by atoms with Crippen LogP contribution in [0.5, 0.6) is 0 Å². The van der Waals surface area contributed by atoms with Gasteiger partial charge in [-0.25, -0.2) is 9.37 Å². The molecule has 7 heteroatoms. The zero-order chi connectivity index (χ0) is 16.9. The Morgan fingerprint density at radius 1 is 1.33 bits per heavy atom. The molecule has 0 saturated carbocycles. The second-order valence-corrected chi connectivity index (χ2v) is 6.74. The second kappa shape index (κ2) is 7.72. The first kappa shape index (κ1) is 16.9. The highest BCUT2D eigenvalue weighted by molar-refractivity contribution is 7.13. The lowest BCUT2D eigenvalue weighted by Gasteiger charge is -2.26. The molecule has 1 aliphatic heterocycles. The molecule has 1 N–H and O–H groups in total. The average Bonchev–Trinajstić information content (AvgIpc) is 2.99. The third-order valence-corrected chi connectivity index (χ3v) is 5.07. The SMILES string of the molecule is C[C@@H](C(=O)Nc1cccc(F)c1)N1CCCN(c2nccs2)CC1. The van der Waals surface area contributed by atoms with Crippen LogP contribution in [0.2, 0.25) is 0 Å². The summed E-state index contributed by atoms with van der Waals surface area (Å²) >= 11 is 1.64. The van der Waals surface area contributed by atoms with Crippen molar-refractivity contribution in [3.8, 4) is 0 Å². The molecule has 2 heterocycles. The zero-order valence-corrected chi connectivity index (χ0v) is 14.4. The Morgan fingerprint density at radius 3 is 2.96 bits per heavy atom. The van der Waals surface area contributed by atoms with Gasteiger partial charge in [0.15, 0.2) is 5.13 Å². The van der Waals surface area contributed by atoms with Gasteiger partial charge in [0.2, 0.25) is 5.91 Å². The van der Waals surface area contributed by atoms with Gasteiger partial charge < -0.3 is 10.2 Å². The van der Waals surface area contributed by atoms with Crippen LogP contribution in [0.3, 0.4) is 0 Å². The maximum atomic E-state index is 13.2. The molecule has 0 spiro atoms. The number of hydrogen-bond donors (Lipinski definition) is 1. The first-order valence-corrected chi connectivity index (χ1v) is 8.96. The predicted octanol–water partition coefficient (Wildman–Crippen LogP) is 2.82. The highest BCUT2D eigenvalue weighted by Crippen LogP contribution is 2.20. The molecule has 1 aromatic heterocycles. The predicted molar refractivity (Wildman–Crippen MR) is 95.0 cm³/mol. The van der Waals surface area contributed by atoms with Crippen molar-refractivity contribution in [1.29, 1.82) is 0 Å². The van der Waals surface area contributed by atoms with Crippen LogP contribution in [-0.4, -0.2) is 48.0 Å². The van der Waals surface area contributed by atoms with E-state index in [4.69, 9.17) is 0 Å². The smallest absolute Gasteiger partial charge is 0.241 e. The molecule has 0 radical (unpaired) electrons. The van der Waals surface area contributed by atoms with E-state index in [1.807, 2.05) is 18.5 Å². The third kappa shape index (κ3) is 4.10. The number of thiazole rings is 1. The van der Waals surface area contributed by atoms with Crippen molar-refractivity contribution in [3.05, 3.63) is 41.7 Å². The maximum Gasteiger partial charge on any atom is 0.241 e. The van der Waals surface area contributed by atoms with Gasteiger partial charge >= 0.3 is 0 Å².